The van der Waals surface area contributed by atoms with Crippen LogP contribution in [0.25, 0.3) is 0 Å². The molecule has 0 aliphatic heterocycles. The van der Waals surface area contributed by atoms with Crippen molar-refractivity contribution in [1.82, 2.24) is 5.32 Å². The van der Waals surface area contributed by atoms with Crippen molar-refractivity contribution in [3.05, 3.63) is 12.2 Å². The van der Waals surface area contributed by atoms with E-state index in [1.807, 2.05) is 12.2 Å². The zero-order valence-corrected chi connectivity index (χ0v) is 10.1. The summed E-state index contributed by atoms with van der Waals surface area (Å²) in [6.07, 6.45) is 9.21. The minimum atomic E-state index is -0.0746. The second-order valence-electron chi connectivity index (χ2n) is 4.18. The molecule has 15 heavy (non-hydrogen) atoms. The predicted octanol–water partition coefficient (Wildman–Crippen LogP) is 2.87. The monoisotopic (exact) mass is 229 g/mol. The summed E-state index contributed by atoms with van der Waals surface area (Å²) in [7, 11) is 0. The van der Waals surface area contributed by atoms with Crippen molar-refractivity contribution in [2.75, 3.05) is 12.4 Å². The van der Waals surface area contributed by atoms with Crippen molar-refractivity contribution >= 4 is 17.5 Å². The maximum atomic E-state index is 12.0. The van der Waals surface area contributed by atoms with E-state index in [-0.39, 0.29) is 11.3 Å². The summed E-state index contributed by atoms with van der Waals surface area (Å²) in [5.74, 6) is 0.733. The van der Waals surface area contributed by atoms with E-state index >= 15 is 0 Å². The molecule has 3 heteroatoms. The molecule has 86 valence electrons. The van der Waals surface area contributed by atoms with Gasteiger partial charge in [0.2, 0.25) is 5.91 Å². The van der Waals surface area contributed by atoms with Gasteiger partial charge in [0, 0.05) is 17.8 Å². The van der Waals surface area contributed by atoms with Crippen LogP contribution in [-0.4, -0.2) is 18.3 Å². The highest BCUT2D eigenvalue weighted by atomic mass is 35.5. The molecule has 0 unspecified atom stereocenters. The first-order valence-corrected chi connectivity index (χ1v) is 6.28. The van der Waals surface area contributed by atoms with Crippen LogP contribution < -0.4 is 5.32 Å². The van der Waals surface area contributed by atoms with Crippen LogP contribution in [0.4, 0.5) is 0 Å². The van der Waals surface area contributed by atoms with Gasteiger partial charge < -0.3 is 5.32 Å². The Morgan fingerprint density at radius 1 is 1.40 bits per heavy atom. The standard InChI is InChI=1S/C12H20ClNO/c1-2-12(7-3-4-8-12)11(15)14-10-6-5-9-13/h5-6H,2-4,7-10H2,1H3,(H,14,15)/b6-5+. The van der Waals surface area contributed by atoms with E-state index < -0.39 is 0 Å². The molecular weight excluding hydrogens is 210 g/mol. The third-order valence-electron chi connectivity index (χ3n) is 3.36. The molecule has 0 aromatic carbocycles. The summed E-state index contributed by atoms with van der Waals surface area (Å²) in [6, 6.07) is 0. The highest BCUT2D eigenvalue weighted by Crippen LogP contribution is 2.40. The molecule has 1 N–H and O–H groups in total. The number of carbonyl (C=O) groups excluding carboxylic acids is 1. The van der Waals surface area contributed by atoms with Crippen molar-refractivity contribution in [1.29, 1.82) is 0 Å². The fourth-order valence-corrected chi connectivity index (χ4v) is 2.40. The molecule has 0 spiro atoms. The van der Waals surface area contributed by atoms with Crippen LogP contribution in [-0.2, 0) is 4.79 Å². The Hall–Kier alpha value is -0.500. The number of nitrogens with one attached hydrogen (secondary N) is 1. The lowest BCUT2D eigenvalue weighted by Gasteiger charge is -2.25. The molecule has 0 aromatic heterocycles. The van der Waals surface area contributed by atoms with Crippen LogP contribution in [0, 0.1) is 5.41 Å². The number of halogens is 1. The van der Waals surface area contributed by atoms with Gasteiger partial charge in [0.05, 0.1) is 0 Å². The van der Waals surface area contributed by atoms with Gasteiger partial charge in [-0.05, 0) is 19.3 Å². The normalized spacial score (nSPS) is 19.6. The molecule has 0 radical (unpaired) electrons. The molecule has 1 rings (SSSR count). The van der Waals surface area contributed by atoms with Crippen LogP contribution in [0.15, 0.2) is 12.2 Å². The van der Waals surface area contributed by atoms with E-state index in [1.165, 1.54) is 12.8 Å². The average molecular weight is 230 g/mol. The van der Waals surface area contributed by atoms with Gasteiger partial charge >= 0.3 is 0 Å². The van der Waals surface area contributed by atoms with Crippen LogP contribution in [0.1, 0.15) is 39.0 Å². The largest absolute Gasteiger partial charge is 0.352 e. The van der Waals surface area contributed by atoms with Crippen molar-refractivity contribution < 1.29 is 4.79 Å². The lowest BCUT2D eigenvalue weighted by atomic mass is 9.82. The Morgan fingerprint density at radius 2 is 2.07 bits per heavy atom. The zero-order chi connectivity index (χ0) is 11.1. The third-order valence-corrected chi connectivity index (χ3v) is 3.53. The molecule has 0 saturated heterocycles. The highest BCUT2D eigenvalue weighted by molar-refractivity contribution is 6.18. The number of hydrogen-bond donors (Lipinski definition) is 1. The molecule has 0 bridgehead atoms. The van der Waals surface area contributed by atoms with Crippen LogP contribution in [0.5, 0.6) is 0 Å². The maximum Gasteiger partial charge on any atom is 0.226 e. The Morgan fingerprint density at radius 3 is 2.60 bits per heavy atom. The van der Waals surface area contributed by atoms with Crippen molar-refractivity contribution in [2.45, 2.75) is 39.0 Å². The van der Waals surface area contributed by atoms with Gasteiger partial charge in [-0.2, -0.15) is 0 Å². The topological polar surface area (TPSA) is 29.1 Å². The highest BCUT2D eigenvalue weighted by Gasteiger charge is 2.38. The molecule has 2 nitrogen and oxygen atoms in total. The van der Waals surface area contributed by atoms with E-state index in [1.54, 1.807) is 0 Å². The zero-order valence-electron chi connectivity index (χ0n) is 9.39. The van der Waals surface area contributed by atoms with E-state index in [2.05, 4.69) is 12.2 Å². The predicted molar refractivity (Wildman–Crippen MR) is 64.1 cm³/mol. The quantitative estimate of drug-likeness (QED) is 0.570. The third kappa shape index (κ3) is 3.23. The van der Waals surface area contributed by atoms with Gasteiger partial charge in [-0.15, -0.1) is 11.6 Å². The van der Waals surface area contributed by atoms with Gasteiger partial charge in [-0.3, -0.25) is 4.79 Å². The fourth-order valence-electron chi connectivity index (χ4n) is 2.28. The number of allylic oxidation sites excluding steroid dienone is 1. The minimum absolute atomic E-state index is 0.0746. The number of alkyl halides is 1. The molecule has 0 atom stereocenters. The maximum absolute atomic E-state index is 12.0. The first kappa shape index (κ1) is 12.6. The Bertz CT molecular complexity index is 232. The van der Waals surface area contributed by atoms with Crippen LogP contribution >= 0.6 is 11.6 Å². The minimum Gasteiger partial charge on any atom is -0.352 e. The Kier molecular flexibility index (Phi) is 5.16. The summed E-state index contributed by atoms with van der Waals surface area (Å²) in [4.78, 5) is 12.0. The van der Waals surface area contributed by atoms with E-state index in [9.17, 15) is 4.79 Å². The van der Waals surface area contributed by atoms with Gasteiger partial charge in [-0.25, -0.2) is 0 Å². The molecule has 1 aliphatic rings. The van der Waals surface area contributed by atoms with E-state index in [4.69, 9.17) is 11.6 Å². The molecule has 1 aliphatic carbocycles. The number of carbonyl (C=O) groups is 1. The lowest BCUT2D eigenvalue weighted by Crippen LogP contribution is -2.38. The van der Waals surface area contributed by atoms with E-state index in [0.29, 0.717) is 12.4 Å². The summed E-state index contributed by atoms with van der Waals surface area (Å²) in [5.41, 5.74) is -0.0746. The SMILES string of the molecule is CCC1(C(=O)NC/C=C/CCl)CCCC1. The van der Waals surface area contributed by atoms with Crippen LogP contribution in [0.3, 0.4) is 0 Å². The summed E-state index contributed by atoms with van der Waals surface area (Å²) < 4.78 is 0. The molecule has 0 heterocycles. The Balaban J connectivity index is 2.40. The van der Waals surface area contributed by atoms with Crippen LogP contribution in [0.2, 0.25) is 0 Å². The number of hydrogen-bond acceptors (Lipinski definition) is 1. The first-order chi connectivity index (χ1) is 7.25. The smallest absolute Gasteiger partial charge is 0.226 e. The second kappa shape index (κ2) is 6.16. The van der Waals surface area contributed by atoms with Gasteiger partial charge in [0.1, 0.15) is 0 Å². The summed E-state index contributed by atoms with van der Waals surface area (Å²) in [6.45, 7) is 2.72. The van der Waals surface area contributed by atoms with Gasteiger partial charge in [-0.1, -0.05) is 31.9 Å². The van der Waals surface area contributed by atoms with Gasteiger partial charge in [0.25, 0.3) is 0 Å². The molecule has 0 aromatic rings. The van der Waals surface area contributed by atoms with Crippen molar-refractivity contribution in [3.8, 4) is 0 Å². The van der Waals surface area contributed by atoms with Gasteiger partial charge in [0.15, 0.2) is 0 Å². The summed E-state index contributed by atoms with van der Waals surface area (Å²) >= 11 is 5.50. The molecule has 1 saturated carbocycles. The van der Waals surface area contributed by atoms with Crippen molar-refractivity contribution in [3.63, 3.8) is 0 Å². The fraction of sp³-hybridized carbons (Fsp3) is 0.750. The number of amides is 1. The molecular formula is C12H20ClNO. The molecule has 1 amide bonds. The lowest BCUT2D eigenvalue weighted by molar-refractivity contribution is -0.130. The molecule has 1 fully saturated rings. The first-order valence-electron chi connectivity index (χ1n) is 5.74. The average Bonchev–Trinajstić information content (AvgIpc) is 2.74. The number of rotatable bonds is 5. The summed E-state index contributed by atoms with van der Waals surface area (Å²) in [5, 5.41) is 2.97. The van der Waals surface area contributed by atoms with Crippen molar-refractivity contribution in [2.24, 2.45) is 5.41 Å². The van der Waals surface area contributed by atoms with E-state index in [0.717, 1.165) is 19.3 Å². The Labute approximate surface area is 97.1 Å². The second-order valence-corrected chi connectivity index (χ2v) is 4.49.